The Labute approximate surface area is 150 Å². The molecule has 1 atom stereocenters. The van der Waals surface area contributed by atoms with E-state index in [1.807, 2.05) is 12.1 Å². The van der Waals surface area contributed by atoms with Crippen LogP contribution in [0.4, 0.5) is 5.82 Å². The van der Waals surface area contributed by atoms with Crippen molar-refractivity contribution < 1.29 is 19.5 Å². The molecular formula is C19H19N3O4. The molecule has 2 heterocycles. The first kappa shape index (κ1) is 16.5. The van der Waals surface area contributed by atoms with Crippen molar-refractivity contribution in [1.29, 1.82) is 0 Å². The molecule has 0 saturated carbocycles. The largest absolute Gasteiger partial charge is 0.490 e. The van der Waals surface area contributed by atoms with Crippen molar-refractivity contribution in [3.63, 3.8) is 0 Å². The van der Waals surface area contributed by atoms with Gasteiger partial charge in [-0.1, -0.05) is 6.07 Å². The predicted octanol–water partition coefficient (Wildman–Crippen LogP) is 2.02. The lowest BCUT2D eigenvalue weighted by molar-refractivity contribution is -0.116. The fraction of sp³-hybridized carbons (Fsp3) is 0.316. The molecule has 3 N–H and O–H groups in total. The number of aromatic nitrogens is 1. The number of aryl methyl sites for hydroxylation is 1. The SMILES string of the molecule is O=C1CCc2c(OC3CCc4ccc(C(=O)NO)cc4C3)ccnc2N1. The molecule has 0 fully saturated rings. The first-order valence-electron chi connectivity index (χ1n) is 8.64. The average Bonchev–Trinajstić information content (AvgIpc) is 2.66. The van der Waals surface area contributed by atoms with E-state index in [2.05, 4.69) is 10.3 Å². The highest BCUT2D eigenvalue weighted by molar-refractivity contribution is 5.94. The van der Waals surface area contributed by atoms with E-state index < -0.39 is 5.91 Å². The fourth-order valence-electron chi connectivity index (χ4n) is 3.58. The Bertz CT molecular complexity index is 881. The molecule has 4 rings (SSSR count). The van der Waals surface area contributed by atoms with Gasteiger partial charge in [0.05, 0.1) is 0 Å². The molecule has 0 bridgehead atoms. The Morgan fingerprint density at radius 3 is 2.96 bits per heavy atom. The van der Waals surface area contributed by atoms with Gasteiger partial charge in [-0.05, 0) is 48.6 Å². The number of anilines is 1. The molecule has 0 spiro atoms. The second-order valence-corrected chi connectivity index (χ2v) is 6.59. The number of rotatable bonds is 3. The Morgan fingerprint density at radius 1 is 1.23 bits per heavy atom. The third kappa shape index (κ3) is 3.13. The van der Waals surface area contributed by atoms with Gasteiger partial charge < -0.3 is 10.1 Å². The van der Waals surface area contributed by atoms with Gasteiger partial charge in [0.25, 0.3) is 5.91 Å². The molecule has 134 valence electrons. The first-order chi connectivity index (χ1) is 12.6. The summed E-state index contributed by atoms with van der Waals surface area (Å²) in [5.74, 6) is 0.794. The summed E-state index contributed by atoms with van der Waals surface area (Å²) in [6, 6.07) is 7.29. The van der Waals surface area contributed by atoms with Crippen LogP contribution < -0.4 is 15.5 Å². The Morgan fingerprint density at radius 2 is 2.12 bits per heavy atom. The summed E-state index contributed by atoms with van der Waals surface area (Å²) in [7, 11) is 0. The number of pyridine rings is 1. The standard InChI is InChI=1S/C19H19N3O4/c23-17-6-5-15-16(7-8-20-18(15)21-17)26-14-4-3-11-1-2-12(19(24)22-25)9-13(11)10-14/h1-2,7-9,14,25H,3-6,10H2,(H,22,24)(H,20,21,23). The van der Waals surface area contributed by atoms with Gasteiger partial charge in [-0.3, -0.25) is 14.8 Å². The van der Waals surface area contributed by atoms with Gasteiger partial charge in [-0.15, -0.1) is 0 Å². The maximum Gasteiger partial charge on any atom is 0.274 e. The van der Waals surface area contributed by atoms with Crippen molar-refractivity contribution >= 4 is 17.6 Å². The predicted molar refractivity (Wildman–Crippen MR) is 93.3 cm³/mol. The van der Waals surface area contributed by atoms with E-state index >= 15 is 0 Å². The summed E-state index contributed by atoms with van der Waals surface area (Å²) in [4.78, 5) is 27.4. The van der Waals surface area contributed by atoms with Crippen LogP contribution in [0.1, 0.15) is 39.9 Å². The molecule has 7 nitrogen and oxygen atoms in total. The zero-order valence-electron chi connectivity index (χ0n) is 14.1. The van der Waals surface area contributed by atoms with Crippen LogP contribution in [0.25, 0.3) is 0 Å². The van der Waals surface area contributed by atoms with Gasteiger partial charge in [0.15, 0.2) is 0 Å². The van der Waals surface area contributed by atoms with E-state index in [0.29, 0.717) is 30.6 Å². The molecule has 1 aliphatic heterocycles. The lowest BCUT2D eigenvalue weighted by Crippen LogP contribution is -2.27. The van der Waals surface area contributed by atoms with Gasteiger partial charge in [0.1, 0.15) is 17.7 Å². The highest BCUT2D eigenvalue weighted by atomic mass is 16.5. The minimum absolute atomic E-state index is 0.0148. The van der Waals surface area contributed by atoms with E-state index in [0.717, 1.165) is 29.7 Å². The van der Waals surface area contributed by atoms with E-state index in [1.54, 1.807) is 23.8 Å². The number of carbonyl (C=O) groups excluding carboxylic acids is 2. The van der Waals surface area contributed by atoms with Gasteiger partial charge in [0, 0.05) is 30.2 Å². The number of hydroxylamine groups is 1. The van der Waals surface area contributed by atoms with Crippen LogP contribution in [0.5, 0.6) is 5.75 Å². The average molecular weight is 353 g/mol. The summed E-state index contributed by atoms with van der Waals surface area (Å²) < 4.78 is 6.23. The quantitative estimate of drug-likeness (QED) is 0.579. The molecule has 26 heavy (non-hydrogen) atoms. The van der Waals surface area contributed by atoms with Crippen molar-refractivity contribution in [2.24, 2.45) is 0 Å². The molecule has 2 aliphatic rings. The molecule has 2 amide bonds. The monoisotopic (exact) mass is 353 g/mol. The lowest BCUT2D eigenvalue weighted by atomic mass is 9.88. The van der Waals surface area contributed by atoms with Crippen LogP contribution in [-0.4, -0.2) is 28.1 Å². The molecule has 0 radical (unpaired) electrons. The fourth-order valence-corrected chi connectivity index (χ4v) is 3.58. The Kier molecular flexibility index (Phi) is 4.30. The number of nitrogens with zero attached hydrogens (tertiary/aromatic N) is 1. The minimum atomic E-state index is -0.519. The van der Waals surface area contributed by atoms with Crippen molar-refractivity contribution in [3.8, 4) is 5.75 Å². The van der Waals surface area contributed by atoms with Crippen molar-refractivity contribution in [2.45, 2.75) is 38.2 Å². The van der Waals surface area contributed by atoms with E-state index in [-0.39, 0.29) is 12.0 Å². The van der Waals surface area contributed by atoms with Gasteiger partial charge >= 0.3 is 0 Å². The van der Waals surface area contributed by atoms with Crippen LogP contribution in [-0.2, 0) is 24.1 Å². The van der Waals surface area contributed by atoms with Crippen molar-refractivity contribution in [2.75, 3.05) is 5.32 Å². The molecule has 2 aromatic rings. The Balaban J connectivity index is 1.54. The van der Waals surface area contributed by atoms with Crippen LogP contribution in [0.3, 0.4) is 0 Å². The molecule has 1 aromatic heterocycles. The number of hydrogen-bond donors (Lipinski definition) is 3. The third-order valence-corrected chi connectivity index (χ3v) is 4.92. The van der Waals surface area contributed by atoms with E-state index in [9.17, 15) is 9.59 Å². The number of benzene rings is 1. The van der Waals surface area contributed by atoms with Crippen LogP contribution >= 0.6 is 0 Å². The molecule has 1 aliphatic carbocycles. The number of carbonyl (C=O) groups is 2. The highest BCUT2D eigenvalue weighted by Gasteiger charge is 2.25. The lowest BCUT2D eigenvalue weighted by Gasteiger charge is -2.28. The number of amides is 2. The smallest absolute Gasteiger partial charge is 0.274 e. The number of fused-ring (bicyclic) bond motifs is 2. The van der Waals surface area contributed by atoms with Gasteiger partial charge in [-0.25, -0.2) is 10.5 Å². The summed E-state index contributed by atoms with van der Waals surface area (Å²) >= 11 is 0. The number of hydrogen-bond acceptors (Lipinski definition) is 5. The highest BCUT2D eigenvalue weighted by Crippen LogP contribution is 2.32. The zero-order valence-corrected chi connectivity index (χ0v) is 14.1. The normalized spacial score (nSPS) is 18.3. The molecular weight excluding hydrogens is 334 g/mol. The summed E-state index contributed by atoms with van der Waals surface area (Å²) in [5.41, 5.74) is 5.28. The van der Waals surface area contributed by atoms with E-state index in [4.69, 9.17) is 9.94 Å². The summed E-state index contributed by atoms with van der Waals surface area (Å²) in [5, 5.41) is 11.6. The summed E-state index contributed by atoms with van der Waals surface area (Å²) in [6.45, 7) is 0. The van der Waals surface area contributed by atoms with Crippen LogP contribution in [0.2, 0.25) is 0 Å². The van der Waals surface area contributed by atoms with Crippen LogP contribution in [0.15, 0.2) is 30.5 Å². The molecule has 0 saturated heterocycles. The Hall–Kier alpha value is -2.93. The van der Waals surface area contributed by atoms with Crippen molar-refractivity contribution in [3.05, 3.63) is 52.7 Å². The summed E-state index contributed by atoms with van der Waals surface area (Å²) in [6.07, 6.45) is 5.11. The molecule has 1 aromatic carbocycles. The zero-order chi connectivity index (χ0) is 18.1. The molecule has 7 heteroatoms. The molecule has 1 unspecified atom stereocenters. The minimum Gasteiger partial charge on any atom is -0.490 e. The second-order valence-electron chi connectivity index (χ2n) is 6.59. The number of ether oxygens (including phenoxy) is 1. The van der Waals surface area contributed by atoms with Gasteiger partial charge in [-0.2, -0.15) is 0 Å². The van der Waals surface area contributed by atoms with Crippen LogP contribution in [0, 0.1) is 0 Å². The first-order valence-corrected chi connectivity index (χ1v) is 8.64. The second kappa shape index (κ2) is 6.76. The maximum absolute atomic E-state index is 11.6. The van der Waals surface area contributed by atoms with Gasteiger partial charge in [0.2, 0.25) is 5.91 Å². The third-order valence-electron chi connectivity index (χ3n) is 4.92. The maximum atomic E-state index is 11.6. The topological polar surface area (TPSA) is 101 Å². The van der Waals surface area contributed by atoms with E-state index in [1.165, 1.54) is 5.56 Å². The number of nitrogens with one attached hydrogen (secondary N) is 2. The van der Waals surface area contributed by atoms with Crippen molar-refractivity contribution in [1.82, 2.24) is 10.5 Å².